The van der Waals surface area contributed by atoms with E-state index in [1.165, 1.54) is 13.0 Å². The van der Waals surface area contributed by atoms with Gasteiger partial charge in [-0.15, -0.1) is 0 Å². The van der Waals surface area contributed by atoms with E-state index >= 15 is 0 Å². The van der Waals surface area contributed by atoms with Gasteiger partial charge >= 0.3 is 6.18 Å². The highest BCUT2D eigenvalue weighted by Gasteiger charge is 2.33. The van der Waals surface area contributed by atoms with E-state index in [1.54, 1.807) is 30.3 Å². The van der Waals surface area contributed by atoms with Crippen molar-refractivity contribution in [2.24, 2.45) is 0 Å². The largest absolute Gasteiger partial charge is 0.416 e. The molecule has 132 valence electrons. The molecule has 2 aromatic carbocycles. The molecule has 1 amide bonds. The van der Waals surface area contributed by atoms with Gasteiger partial charge in [0.05, 0.1) is 5.56 Å². The predicted octanol–water partition coefficient (Wildman–Crippen LogP) is 4.45. The van der Waals surface area contributed by atoms with Crippen molar-refractivity contribution in [1.82, 2.24) is 5.32 Å². The maximum Gasteiger partial charge on any atom is 0.416 e. The molecule has 0 heterocycles. The summed E-state index contributed by atoms with van der Waals surface area (Å²) in [5.74, 6) is -0.233. The molecule has 6 heteroatoms. The van der Waals surface area contributed by atoms with Crippen molar-refractivity contribution in [3.05, 3.63) is 65.2 Å². The van der Waals surface area contributed by atoms with Crippen LogP contribution in [0.1, 0.15) is 35.6 Å². The summed E-state index contributed by atoms with van der Waals surface area (Å²) in [6.45, 7) is 1.42. The monoisotopic (exact) mass is 348 g/mol. The Kier molecular flexibility index (Phi) is 4.70. The average molecular weight is 348 g/mol. The Labute approximate surface area is 144 Å². The van der Waals surface area contributed by atoms with E-state index in [0.717, 1.165) is 18.9 Å². The number of alkyl halides is 3. The molecule has 1 atom stereocenters. The van der Waals surface area contributed by atoms with Crippen LogP contribution in [0.2, 0.25) is 0 Å². The number of carbonyl (C=O) groups excluding carboxylic acids is 1. The fourth-order valence-corrected chi connectivity index (χ4v) is 2.64. The van der Waals surface area contributed by atoms with Gasteiger partial charge in [-0.3, -0.25) is 4.79 Å². The van der Waals surface area contributed by atoms with Crippen molar-refractivity contribution in [3.63, 3.8) is 0 Å². The molecule has 25 heavy (non-hydrogen) atoms. The summed E-state index contributed by atoms with van der Waals surface area (Å²) in [5, 5.41) is 5.86. The number of anilines is 1. The zero-order chi connectivity index (χ0) is 18.0. The van der Waals surface area contributed by atoms with E-state index in [0.29, 0.717) is 5.56 Å². The smallest absolute Gasteiger partial charge is 0.370 e. The van der Waals surface area contributed by atoms with Crippen LogP contribution in [0.3, 0.4) is 0 Å². The Hall–Kier alpha value is -2.50. The maximum atomic E-state index is 13.1. The SMILES string of the molecule is Cc1ccc(NC(C(=O)NC2CC2)c2ccccc2)cc1C(F)(F)F. The minimum Gasteiger partial charge on any atom is -0.370 e. The molecule has 0 aliphatic heterocycles. The van der Waals surface area contributed by atoms with Crippen LogP contribution in [0.25, 0.3) is 0 Å². The Morgan fingerprint density at radius 2 is 1.80 bits per heavy atom. The molecule has 3 nitrogen and oxygen atoms in total. The lowest BCUT2D eigenvalue weighted by Crippen LogP contribution is -2.34. The Bertz CT molecular complexity index is 755. The first-order valence-electron chi connectivity index (χ1n) is 8.14. The molecule has 0 aromatic heterocycles. The number of carbonyl (C=O) groups is 1. The van der Waals surface area contributed by atoms with Gasteiger partial charge in [0.25, 0.3) is 0 Å². The molecular weight excluding hydrogens is 329 g/mol. The first kappa shape index (κ1) is 17.3. The molecule has 2 aromatic rings. The zero-order valence-electron chi connectivity index (χ0n) is 13.7. The first-order chi connectivity index (χ1) is 11.8. The van der Waals surface area contributed by atoms with Crippen molar-refractivity contribution in [2.75, 3.05) is 5.32 Å². The minimum atomic E-state index is -4.43. The lowest BCUT2D eigenvalue weighted by atomic mass is 10.0. The van der Waals surface area contributed by atoms with E-state index in [4.69, 9.17) is 0 Å². The lowest BCUT2D eigenvalue weighted by Gasteiger charge is -2.21. The third-order valence-corrected chi connectivity index (χ3v) is 4.17. The molecule has 2 N–H and O–H groups in total. The Morgan fingerprint density at radius 1 is 1.12 bits per heavy atom. The van der Waals surface area contributed by atoms with E-state index in [1.807, 2.05) is 6.07 Å². The summed E-state index contributed by atoms with van der Waals surface area (Å²) in [4.78, 5) is 12.6. The van der Waals surface area contributed by atoms with Crippen molar-refractivity contribution in [1.29, 1.82) is 0 Å². The summed E-state index contributed by atoms with van der Waals surface area (Å²) in [5.41, 5.74) is 0.413. The molecule has 1 saturated carbocycles. The third kappa shape index (κ3) is 4.32. The van der Waals surface area contributed by atoms with Gasteiger partial charge in [0.1, 0.15) is 6.04 Å². The van der Waals surface area contributed by atoms with Crippen molar-refractivity contribution in [2.45, 2.75) is 38.0 Å². The van der Waals surface area contributed by atoms with Crippen LogP contribution in [0.5, 0.6) is 0 Å². The number of amides is 1. The number of rotatable bonds is 5. The summed E-state index contributed by atoms with van der Waals surface area (Å²) < 4.78 is 39.4. The average Bonchev–Trinajstić information content (AvgIpc) is 3.37. The van der Waals surface area contributed by atoms with E-state index < -0.39 is 17.8 Å². The van der Waals surface area contributed by atoms with Crippen molar-refractivity contribution >= 4 is 11.6 Å². The van der Waals surface area contributed by atoms with Gasteiger partial charge < -0.3 is 10.6 Å². The number of hydrogen-bond donors (Lipinski definition) is 2. The summed E-state index contributed by atoms with van der Waals surface area (Å²) in [7, 11) is 0. The maximum absolute atomic E-state index is 13.1. The van der Waals surface area contributed by atoms with Gasteiger partial charge in [-0.2, -0.15) is 13.2 Å². The molecule has 0 bridgehead atoms. The van der Waals surface area contributed by atoms with Crippen LogP contribution < -0.4 is 10.6 Å². The normalized spacial score (nSPS) is 15.5. The second kappa shape index (κ2) is 6.78. The highest BCUT2D eigenvalue weighted by atomic mass is 19.4. The molecule has 3 rings (SSSR count). The van der Waals surface area contributed by atoms with Crippen LogP contribution >= 0.6 is 0 Å². The van der Waals surface area contributed by atoms with Gasteiger partial charge in [-0.1, -0.05) is 36.4 Å². The standard InChI is InChI=1S/C19H19F3N2O/c1-12-7-8-15(11-16(12)19(20,21)22)23-17(13-5-3-2-4-6-13)18(25)24-14-9-10-14/h2-8,11,14,17,23H,9-10H2,1H3,(H,24,25). The van der Waals surface area contributed by atoms with Gasteiger partial charge in [-0.05, 0) is 43.0 Å². The summed E-state index contributed by atoms with van der Waals surface area (Å²) >= 11 is 0. The number of hydrogen-bond acceptors (Lipinski definition) is 2. The first-order valence-corrected chi connectivity index (χ1v) is 8.14. The molecule has 0 spiro atoms. The Balaban J connectivity index is 1.88. The fourth-order valence-electron chi connectivity index (χ4n) is 2.64. The quantitative estimate of drug-likeness (QED) is 0.838. The van der Waals surface area contributed by atoms with E-state index in [2.05, 4.69) is 10.6 Å². The van der Waals surface area contributed by atoms with Crippen LogP contribution in [0.15, 0.2) is 48.5 Å². The van der Waals surface area contributed by atoms with Gasteiger partial charge in [0.15, 0.2) is 0 Å². The molecule has 1 fully saturated rings. The number of benzene rings is 2. The van der Waals surface area contributed by atoms with Crippen LogP contribution in [-0.2, 0) is 11.0 Å². The van der Waals surface area contributed by atoms with Crippen molar-refractivity contribution in [3.8, 4) is 0 Å². The van der Waals surface area contributed by atoms with Crippen LogP contribution in [0.4, 0.5) is 18.9 Å². The molecule has 0 radical (unpaired) electrons. The number of aryl methyl sites for hydroxylation is 1. The number of nitrogens with one attached hydrogen (secondary N) is 2. The second-order valence-corrected chi connectivity index (χ2v) is 6.30. The van der Waals surface area contributed by atoms with Gasteiger partial charge in [0, 0.05) is 11.7 Å². The second-order valence-electron chi connectivity index (χ2n) is 6.30. The highest BCUT2D eigenvalue weighted by Crippen LogP contribution is 2.34. The van der Waals surface area contributed by atoms with Gasteiger partial charge in [0.2, 0.25) is 5.91 Å². The van der Waals surface area contributed by atoms with E-state index in [9.17, 15) is 18.0 Å². The summed E-state index contributed by atoms with van der Waals surface area (Å²) in [6.07, 6.45) is -2.55. The van der Waals surface area contributed by atoms with Crippen molar-refractivity contribution < 1.29 is 18.0 Å². The lowest BCUT2D eigenvalue weighted by molar-refractivity contribution is -0.138. The minimum absolute atomic E-state index is 0.150. The van der Waals surface area contributed by atoms with Crippen LogP contribution in [0, 0.1) is 6.92 Å². The summed E-state index contributed by atoms with van der Waals surface area (Å²) in [6, 6.07) is 12.4. The molecule has 1 aliphatic carbocycles. The number of halogens is 3. The van der Waals surface area contributed by atoms with Gasteiger partial charge in [-0.25, -0.2) is 0 Å². The van der Waals surface area contributed by atoms with E-state index in [-0.39, 0.29) is 23.2 Å². The molecule has 0 saturated heterocycles. The molecular formula is C19H19F3N2O. The molecule has 1 aliphatic rings. The fraction of sp³-hybridized carbons (Fsp3) is 0.316. The predicted molar refractivity (Wildman–Crippen MR) is 90.2 cm³/mol. The third-order valence-electron chi connectivity index (χ3n) is 4.17. The zero-order valence-corrected chi connectivity index (χ0v) is 13.7. The highest BCUT2D eigenvalue weighted by molar-refractivity contribution is 5.86. The molecule has 1 unspecified atom stereocenters. The Morgan fingerprint density at radius 3 is 2.40 bits per heavy atom. The topological polar surface area (TPSA) is 41.1 Å². The van der Waals surface area contributed by atoms with Crippen LogP contribution in [-0.4, -0.2) is 11.9 Å².